The first-order chi connectivity index (χ1) is 11.1. The summed E-state index contributed by atoms with van der Waals surface area (Å²) in [6.07, 6.45) is 3.10. The van der Waals surface area contributed by atoms with Crippen molar-refractivity contribution in [2.45, 2.75) is 25.4 Å². The number of carboxylic acid groups (broad SMARTS) is 1. The maximum atomic E-state index is 10.8. The minimum Gasteiger partial charge on any atom is -0.476 e. The predicted molar refractivity (Wildman–Crippen MR) is 89.5 cm³/mol. The predicted octanol–water partition coefficient (Wildman–Crippen LogP) is 3.21. The first-order valence-corrected chi connectivity index (χ1v) is 8.31. The fourth-order valence-electron chi connectivity index (χ4n) is 2.74. The molecule has 1 aliphatic heterocycles. The number of benzene rings is 1. The fraction of sp³-hybridized carbons (Fsp3) is 0.375. The van der Waals surface area contributed by atoms with Gasteiger partial charge in [0.25, 0.3) is 6.01 Å². The number of piperidine rings is 1. The van der Waals surface area contributed by atoms with Crippen LogP contribution in [0.2, 0.25) is 0 Å². The smallest absolute Gasteiger partial charge is 0.357 e. The van der Waals surface area contributed by atoms with Crippen molar-refractivity contribution in [2.24, 2.45) is 0 Å². The second-order valence-electron chi connectivity index (χ2n) is 5.67. The van der Waals surface area contributed by atoms with E-state index >= 15 is 0 Å². The van der Waals surface area contributed by atoms with E-state index in [1.807, 2.05) is 6.07 Å². The molecule has 23 heavy (non-hydrogen) atoms. The van der Waals surface area contributed by atoms with E-state index in [4.69, 9.17) is 9.52 Å². The normalized spacial score (nSPS) is 16.4. The first kappa shape index (κ1) is 16.0. The molecule has 1 aliphatic rings. The van der Waals surface area contributed by atoms with Crippen LogP contribution in [-0.4, -0.2) is 40.1 Å². The molecule has 0 atom stereocenters. The lowest BCUT2D eigenvalue weighted by Gasteiger charge is -2.32. The van der Waals surface area contributed by atoms with Crippen molar-refractivity contribution in [3.63, 3.8) is 0 Å². The Morgan fingerprint density at radius 3 is 2.87 bits per heavy atom. The van der Waals surface area contributed by atoms with Gasteiger partial charge in [-0.1, -0.05) is 28.1 Å². The molecule has 1 fully saturated rings. The van der Waals surface area contributed by atoms with Gasteiger partial charge in [-0.3, -0.25) is 4.90 Å². The van der Waals surface area contributed by atoms with Crippen LogP contribution >= 0.6 is 15.9 Å². The van der Waals surface area contributed by atoms with Crippen LogP contribution in [0.4, 0.5) is 6.01 Å². The van der Waals surface area contributed by atoms with Gasteiger partial charge in [-0.15, -0.1) is 0 Å². The van der Waals surface area contributed by atoms with E-state index in [1.165, 1.54) is 5.56 Å². The molecule has 6 nitrogen and oxygen atoms in total. The molecule has 0 bridgehead atoms. The molecule has 2 N–H and O–H groups in total. The number of hydrogen-bond acceptors (Lipinski definition) is 5. The summed E-state index contributed by atoms with van der Waals surface area (Å²) < 4.78 is 6.24. The van der Waals surface area contributed by atoms with Crippen molar-refractivity contribution in [3.8, 4) is 0 Å². The number of likely N-dealkylation sites (tertiary alicyclic amines) is 1. The number of rotatable bonds is 5. The van der Waals surface area contributed by atoms with Crippen LogP contribution in [0.5, 0.6) is 0 Å². The summed E-state index contributed by atoms with van der Waals surface area (Å²) in [5, 5.41) is 12.0. The molecule has 2 aromatic rings. The van der Waals surface area contributed by atoms with Gasteiger partial charge < -0.3 is 14.8 Å². The Labute approximate surface area is 142 Å². The quantitative estimate of drug-likeness (QED) is 0.830. The van der Waals surface area contributed by atoms with Crippen LogP contribution in [0.15, 0.2) is 39.4 Å². The SMILES string of the molecule is O=C(O)c1coc(NC2CCN(Cc3cccc(Br)c3)CC2)n1. The van der Waals surface area contributed by atoms with E-state index in [9.17, 15) is 4.79 Å². The van der Waals surface area contributed by atoms with Gasteiger partial charge >= 0.3 is 5.97 Å². The number of aromatic nitrogens is 1. The van der Waals surface area contributed by atoms with E-state index in [0.717, 1.165) is 43.2 Å². The standard InChI is InChI=1S/C16H18BrN3O3/c17-12-3-1-2-11(8-12)9-20-6-4-13(5-7-20)18-16-19-14(10-23-16)15(21)22/h1-3,8,10,13H,4-7,9H2,(H,18,19)(H,21,22). The third-order valence-corrected chi connectivity index (χ3v) is 4.43. The lowest BCUT2D eigenvalue weighted by molar-refractivity contribution is 0.0690. The molecule has 122 valence electrons. The Balaban J connectivity index is 1.49. The average molecular weight is 380 g/mol. The molecular weight excluding hydrogens is 362 g/mol. The molecule has 0 spiro atoms. The number of nitrogens with one attached hydrogen (secondary N) is 1. The maximum absolute atomic E-state index is 10.8. The van der Waals surface area contributed by atoms with Gasteiger partial charge in [-0.2, -0.15) is 4.98 Å². The van der Waals surface area contributed by atoms with Gasteiger partial charge in [0.05, 0.1) is 0 Å². The molecule has 7 heteroatoms. The Morgan fingerprint density at radius 1 is 1.43 bits per heavy atom. The Bertz CT molecular complexity index is 681. The summed E-state index contributed by atoms with van der Waals surface area (Å²) in [4.78, 5) is 17.1. The number of nitrogens with zero attached hydrogens (tertiary/aromatic N) is 2. The number of hydrogen-bond donors (Lipinski definition) is 2. The van der Waals surface area contributed by atoms with Crippen LogP contribution in [0.25, 0.3) is 0 Å². The van der Waals surface area contributed by atoms with E-state index in [-0.39, 0.29) is 17.8 Å². The highest BCUT2D eigenvalue weighted by molar-refractivity contribution is 9.10. The third kappa shape index (κ3) is 4.33. The van der Waals surface area contributed by atoms with Crippen LogP contribution in [0, 0.1) is 0 Å². The molecule has 0 amide bonds. The van der Waals surface area contributed by atoms with Gasteiger partial charge in [0, 0.05) is 30.1 Å². The molecule has 0 unspecified atom stereocenters. The highest BCUT2D eigenvalue weighted by atomic mass is 79.9. The van der Waals surface area contributed by atoms with E-state index < -0.39 is 5.97 Å². The summed E-state index contributed by atoms with van der Waals surface area (Å²) >= 11 is 3.50. The first-order valence-electron chi connectivity index (χ1n) is 7.52. The van der Waals surface area contributed by atoms with Crippen molar-refractivity contribution >= 4 is 27.9 Å². The minimum absolute atomic E-state index is 0.0698. The molecule has 1 aromatic carbocycles. The van der Waals surface area contributed by atoms with Gasteiger partial charge in [0.15, 0.2) is 5.69 Å². The zero-order chi connectivity index (χ0) is 16.2. The van der Waals surface area contributed by atoms with Crippen LogP contribution in [-0.2, 0) is 6.54 Å². The van der Waals surface area contributed by atoms with Crippen LogP contribution in [0.1, 0.15) is 28.9 Å². The zero-order valence-corrected chi connectivity index (χ0v) is 14.1. The van der Waals surface area contributed by atoms with Gasteiger partial charge in [-0.25, -0.2) is 4.79 Å². The minimum atomic E-state index is -1.08. The van der Waals surface area contributed by atoms with Crippen molar-refractivity contribution in [1.29, 1.82) is 0 Å². The van der Waals surface area contributed by atoms with Crippen molar-refractivity contribution in [2.75, 3.05) is 18.4 Å². The lowest BCUT2D eigenvalue weighted by Crippen LogP contribution is -2.38. The van der Waals surface area contributed by atoms with Crippen molar-refractivity contribution in [1.82, 2.24) is 9.88 Å². The molecule has 1 aromatic heterocycles. The van der Waals surface area contributed by atoms with E-state index in [0.29, 0.717) is 0 Å². The summed E-state index contributed by atoms with van der Waals surface area (Å²) in [5.41, 5.74) is 1.23. The highest BCUT2D eigenvalue weighted by Gasteiger charge is 2.21. The fourth-order valence-corrected chi connectivity index (χ4v) is 3.19. The molecular formula is C16H18BrN3O3. The third-order valence-electron chi connectivity index (χ3n) is 3.93. The Morgan fingerprint density at radius 2 is 2.22 bits per heavy atom. The van der Waals surface area contributed by atoms with Crippen molar-refractivity contribution in [3.05, 3.63) is 46.3 Å². The molecule has 0 saturated carbocycles. The molecule has 1 saturated heterocycles. The summed E-state index contributed by atoms with van der Waals surface area (Å²) in [7, 11) is 0. The molecule has 3 rings (SSSR count). The number of halogens is 1. The summed E-state index contributed by atoms with van der Waals surface area (Å²) in [5.74, 6) is -1.08. The van der Waals surface area contributed by atoms with Gasteiger partial charge in [0.1, 0.15) is 6.26 Å². The largest absolute Gasteiger partial charge is 0.476 e. The topological polar surface area (TPSA) is 78.6 Å². The van der Waals surface area contributed by atoms with Gasteiger partial charge in [0.2, 0.25) is 0 Å². The Hall–Kier alpha value is -1.86. The lowest BCUT2D eigenvalue weighted by atomic mass is 10.0. The molecule has 2 heterocycles. The highest BCUT2D eigenvalue weighted by Crippen LogP contribution is 2.19. The zero-order valence-electron chi connectivity index (χ0n) is 12.5. The van der Waals surface area contributed by atoms with E-state index in [2.05, 4.69) is 49.3 Å². The number of oxazole rings is 1. The monoisotopic (exact) mass is 379 g/mol. The number of anilines is 1. The van der Waals surface area contributed by atoms with E-state index in [1.54, 1.807) is 0 Å². The summed E-state index contributed by atoms with van der Waals surface area (Å²) in [6.45, 7) is 2.90. The number of carbonyl (C=O) groups is 1. The van der Waals surface area contributed by atoms with Crippen LogP contribution < -0.4 is 5.32 Å². The Kier molecular flexibility index (Phi) is 4.97. The second kappa shape index (κ2) is 7.14. The number of carboxylic acids is 1. The second-order valence-corrected chi connectivity index (χ2v) is 6.58. The van der Waals surface area contributed by atoms with Gasteiger partial charge in [-0.05, 0) is 30.5 Å². The average Bonchev–Trinajstić information content (AvgIpc) is 2.98. The van der Waals surface area contributed by atoms with Crippen LogP contribution in [0.3, 0.4) is 0 Å². The maximum Gasteiger partial charge on any atom is 0.357 e. The van der Waals surface area contributed by atoms with Crippen molar-refractivity contribution < 1.29 is 14.3 Å². The molecule has 0 aliphatic carbocycles. The summed E-state index contributed by atoms with van der Waals surface area (Å²) in [6, 6.07) is 8.90. The number of aromatic carboxylic acids is 1. The molecule has 0 radical (unpaired) electrons.